The molecule has 3 aromatic carbocycles. The minimum absolute atomic E-state index is 0.0152. The maximum Gasteiger partial charge on any atom is 0.238 e. The van der Waals surface area contributed by atoms with E-state index in [0.29, 0.717) is 0 Å². The number of halogens is 1. The second-order valence-corrected chi connectivity index (χ2v) is 9.66. The van der Waals surface area contributed by atoms with Crippen LogP contribution in [0.1, 0.15) is 16.4 Å². The van der Waals surface area contributed by atoms with Crippen LogP contribution in [0.15, 0.2) is 88.7 Å². The van der Waals surface area contributed by atoms with Crippen molar-refractivity contribution >= 4 is 27.5 Å². The molecular formula is C22H20FNO3S2. The standard InChI is InChI=1S/C22H20FNO3S2/c1-29(26,27)19-12-13-20(23)17(14-19)15-24-22(25)21(16-8-4-2-5-9-16)28-18-10-6-3-7-11-18/h2-14,21H,15H2,1H3,(H,24,25)/t21-/m1/s1. The Morgan fingerprint density at radius 1 is 1.00 bits per heavy atom. The van der Waals surface area contributed by atoms with Crippen LogP contribution < -0.4 is 5.32 Å². The van der Waals surface area contributed by atoms with E-state index in [4.69, 9.17) is 0 Å². The lowest BCUT2D eigenvalue weighted by Gasteiger charge is -2.17. The van der Waals surface area contributed by atoms with E-state index >= 15 is 0 Å². The van der Waals surface area contributed by atoms with Crippen LogP contribution in [0.5, 0.6) is 0 Å². The Morgan fingerprint density at radius 3 is 2.24 bits per heavy atom. The number of hydrogen-bond acceptors (Lipinski definition) is 4. The van der Waals surface area contributed by atoms with Crippen molar-refractivity contribution in [2.45, 2.75) is 21.6 Å². The summed E-state index contributed by atoms with van der Waals surface area (Å²) in [5.41, 5.74) is 0.946. The van der Waals surface area contributed by atoms with Crippen molar-refractivity contribution in [3.63, 3.8) is 0 Å². The summed E-state index contributed by atoms with van der Waals surface area (Å²) in [6.45, 7) is -0.104. The van der Waals surface area contributed by atoms with Crippen molar-refractivity contribution in [3.8, 4) is 0 Å². The van der Waals surface area contributed by atoms with E-state index in [1.165, 1.54) is 23.9 Å². The Morgan fingerprint density at radius 2 is 1.62 bits per heavy atom. The van der Waals surface area contributed by atoms with E-state index in [9.17, 15) is 17.6 Å². The Hall–Kier alpha value is -2.64. The first-order chi connectivity index (χ1) is 13.8. The minimum atomic E-state index is -3.46. The summed E-state index contributed by atoms with van der Waals surface area (Å²) in [4.78, 5) is 13.9. The van der Waals surface area contributed by atoms with Gasteiger partial charge in [-0.05, 0) is 35.9 Å². The summed E-state index contributed by atoms with van der Waals surface area (Å²) in [6.07, 6.45) is 1.06. The van der Waals surface area contributed by atoms with Crippen LogP contribution in [0, 0.1) is 5.82 Å². The van der Waals surface area contributed by atoms with Crippen LogP contribution in [0.2, 0.25) is 0 Å². The third-order valence-corrected chi connectivity index (χ3v) is 6.61. The van der Waals surface area contributed by atoms with E-state index in [0.717, 1.165) is 22.8 Å². The van der Waals surface area contributed by atoms with Crippen LogP contribution in [0.4, 0.5) is 4.39 Å². The van der Waals surface area contributed by atoms with Crippen LogP contribution in [-0.2, 0) is 21.2 Å². The topological polar surface area (TPSA) is 63.2 Å². The highest BCUT2D eigenvalue weighted by molar-refractivity contribution is 8.00. The van der Waals surface area contributed by atoms with Gasteiger partial charge in [0, 0.05) is 23.3 Å². The van der Waals surface area contributed by atoms with Gasteiger partial charge in [-0.15, -0.1) is 11.8 Å². The molecule has 3 rings (SSSR count). The lowest BCUT2D eigenvalue weighted by Crippen LogP contribution is -2.28. The molecule has 0 saturated carbocycles. The summed E-state index contributed by atoms with van der Waals surface area (Å²) in [6, 6.07) is 22.4. The molecule has 3 aromatic rings. The van der Waals surface area contributed by atoms with E-state index < -0.39 is 20.9 Å². The van der Waals surface area contributed by atoms with Gasteiger partial charge in [-0.3, -0.25) is 4.79 Å². The molecule has 29 heavy (non-hydrogen) atoms. The largest absolute Gasteiger partial charge is 0.351 e. The van der Waals surface area contributed by atoms with Crippen molar-refractivity contribution in [1.82, 2.24) is 5.32 Å². The number of benzene rings is 3. The summed E-state index contributed by atoms with van der Waals surface area (Å²) < 4.78 is 37.6. The van der Waals surface area contributed by atoms with Gasteiger partial charge >= 0.3 is 0 Å². The van der Waals surface area contributed by atoms with Gasteiger partial charge in [-0.1, -0.05) is 48.5 Å². The summed E-state index contributed by atoms with van der Waals surface area (Å²) >= 11 is 1.39. The van der Waals surface area contributed by atoms with Crippen LogP contribution >= 0.6 is 11.8 Å². The molecule has 0 unspecified atom stereocenters. The molecule has 0 aliphatic heterocycles. The lowest BCUT2D eigenvalue weighted by atomic mass is 10.1. The SMILES string of the molecule is CS(=O)(=O)c1ccc(F)c(CNC(=O)[C@H](Sc2ccccc2)c2ccccc2)c1. The second kappa shape index (κ2) is 9.24. The molecule has 0 aromatic heterocycles. The number of carbonyl (C=O) groups is 1. The Bertz CT molecular complexity index is 1090. The predicted molar refractivity (Wildman–Crippen MR) is 113 cm³/mol. The van der Waals surface area contributed by atoms with Crippen LogP contribution in [-0.4, -0.2) is 20.6 Å². The molecule has 0 fully saturated rings. The number of thioether (sulfide) groups is 1. The molecule has 0 aliphatic carbocycles. The van der Waals surface area contributed by atoms with Crippen molar-refractivity contribution in [2.24, 2.45) is 0 Å². The smallest absolute Gasteiger partial charge is 0.238 e. The molecule has 7 heteroatoms. The number of hydrogen-bond donors (Lipinski definition) is 1. The van der Waals surface area contributed by atoms with Gasteiger partial charge in [0.05, 0.1) is 4.90 Å². The molecule has 0 aliphatic rings. The maximum atomic E-state index is 14.1. The Balaban J connectivity index is 1.80. The Labute approximate surface area is 174 Å². The highest BCUT2D eigenvalue weighted by Gasteiger charge is 2.22. The molecule has 0 saturated heterocycles. The molecule has 0 heterocycles. The van der Waals surface area contributed by atoms with Gasteiger partial charge in [-0.2, -0.15) is 0 Å². The van der Waals surface area contributed by atoms with Crippen molar-refractivity contribution in [3.05, 3.63) is 95.8 Å². The molecule has 0 spiro atoms. The average molecular weight is 430 g/mol. The number of sulfone groups is 1. The molecule has 0 radical (unpaired) electrons. The average Bonchev–Trinajstić information content (AvgIpc) is 2.71. The number of nitrogens with one attached hydrogen (secondary N) is 1. The fourth-order valence-corrected chi connectivity index (χ4v) is 4.47. The fraction of sp³-hybridized carbons (Fsp3) is 0.136. The van der Waals surface area contributed by atoms with Crippen molar-refractivity contribution in [2.75, 3.05) is 6.26 Å². The minimum Gasteiger partial charge on any atom is -0.351 e. The van der Waals surface area contributed by atoms with Crippen LogP contribution in [0.3, 0.4) is 0 Å². The Kier molecular flexibility index (Phi) is 6.71. The number of carbonyl (C=O) groups excluding carboxylic acids is 1. The molecular weight excluding hydrogens is 409 g/mol. The van der Waals surface area contributed by atoms with Gasteiger partial charge in [0.2, 0.25) is 5.91 Å². The van der Waals surface area contributed by atoms with Gasteiger partial charge < -0.3 is 5.32 Å². The third-order valence-electron chi connectivity index (χ3n) is 4.24. The van der Waals surface area contributed by atoms with Gasteiger partial charge in [-0.25, -0.2) is 12.8 Å². The molecule has 150 valence electrons. The van der Waals surface area contributed by atoms with Gasteiger partial charge in [0.15, 0.2) is 9.84 Å². The van der Waals surface area contributed by atoms with Gasteiger partial charge in [0.1, 0.15) is 11.1 Å². The zero-order chi connectivity index (χ0) is 20.9. The number of amides is 1. The molecule has 1 N–H and O–H groups in total. The highest BCUT2D eigenvalue weighted by atomic mass is 32.2. The molecule has 1 amide bonds. The van der Waals surface area contributed by atoms with Crippen molar-refractivity contribution in [1.29, 1.82) is 0 Å². The normalized spacial score (nSPS) is 12.3. The quantitative estimate of drug-likeness (QED) is 0.447. The second-order valence-electron chi connectivity index (χ2n) is 6.46. The summed E-state index contributed by atoms with van der Waals surface area (Å²) in [7, 11) is -3.46. The third kappa shape index (κ3) is 5.68. The zero-order valence-electron chi connectivity index (χ0n) is 15.7. The van der Waals surface area contributed by atoms with E-state index in [1.54, 1.807) is 0 Å². The van der Waals surface area contributed by atoms with Crippen molar-refractivity contribution < 1.29 is 17.6 Å². The van der Waals surface area contributed by atoms with E-state index in [2.05, 4.69) is 5.32 Å². The van der Waals surface area contributed by atoms with E-state index in [1.807, 2.05) is 60.7 Å². The molecule has 1 atom stereocenters. The first kappa shape index (κ1) is 21.1. The first-order valence-corrected chi connectivity index (χ1v) is 11.6. The van der Waals surface area contributed by atoms with Crippen LogP contribution in [0.25, 0.3) is 0 Å². The molecule has 4 nitrogen and oxygen atoms in total. The lowest BCUT2D eigenvalue weighted by molar-refractivity contribution is -0.120. The van der Waals surface area contributed by atoms with Gasteiger partial charge in [0.25, 0.3) is 0 Å². The predicted octanol–water partition coefficient (Wildman–Crippen LogP) is 4.38. The fourth-order valence-electron chi connectivity index (χ4n) is 2.73. The summed E-state index contributed by atoms with van der Waals surface area (Å²) in [5, 5.41) is 2.21. The monoisotopic (exact) mass is 429 g/mol. The maximum absolute atomic E-state index is 14.1. The first-order valence-electron chi connectivity index (χ1n) is 8.87. The summed E-state index contributed by atoms with van der Waals surface area (Å²) in [5.74, 6) is -0.848. The van der Waals surface area contributed by atoms with E-state index in [-0.39, 0.29) is 22.9 Å². The number of rotatable bonds is 7. The molecule has 0 bridgehead atoms. The zero-order valence-corrected chi connectivity index (χ0v) is 17.3. The highest BCUT2D eigenvalue weighted by Crippen LogP contribution is 2.35.